The van der Waals surface area contributed by atoms with Gasteiger partial charge in [-0.05, 0) is 56.5 Å². The predicted octanol–water partition coefficient (Wildman–Crippen LogP) is 5.58. The van der Waals surface area contributed by atoms with E-state index in [-0.39, 0.29) is 11.4 Å². The number of nitrogens with zero attached hydrogens (tertiary/aromatic N) is 2. The van der Waals surface area contributed by atoms with Gasteiger partial charge in [0.2, 0.25) is 0 Å². The lowest BCUT2D eigenvalue weighted by molar-refractivity contribution is 0.0600. The molecule has 30 heavy (non-hydrogen) atoms. The van der Waals surface area contributed by atoms with E-state index < -0.39 is 5.97 Å². The maximum absolute atomic E-state index is 14.7. The molecular formula is C24H26BrFN2O2. The Hall–Kier alpha value is -2.31. The van der Waals surface area contributed by atoms with Crippen LogP contribution in [0.25, 0.3) is 11.6 Å². The molecular weight excluding hydrogens is 447 g/mol. The highest BCUT2D eigenvalue weighted by Crippen LogP contribution is 2.29. The summed E-state index contributed by atoms with van der Waals surface area (Å²) in [7, 11) is 1.30. The van der Waals surface area contributed by atoms with Gasteiger partial charge in [-0.3, -0.25) is 9.88 Å². The van der Waals surface area contributed by atoms with E-state index in [1.54, 1.807) is 12.3 Å². The molecule has 0 aliphatic carbocycles. The van der Waals surface area contributed by atoms with E-state index in [1.165, 1.54) is 18.7 Å². The first-order valence-corrected chi connectivity index (χ1v) is 10.7. The topological polar surface area (TPSA) is 42.4 Å². The lowest BCUT2D eigenvalue weighted by Crippen LogP contribution is -2.30. The number of aromatic nitrogens is 1. The fourth-order valence-corrected chi connectivity index (χ4v) is 4.35. The molecule has 0 N–H and O–H groups in total. The van der Waals surface area contributed by atoms with Gasteiger partial charge in [0.1, 0.15) is 5.82 Å². The average molecular weight is 473 g/mol. The Bertz CT molecular complexity index is 987. The van der Waals surface area contributed by atoms with Crippen molar-refractivity contribution < 1.29 is 13.9 Å². The Morgan fingerprint density at radius 2 is 2.13 bits per heavy atom. The number of aryl methyl sites for hydroxylation is 2. The number of methoxy groups -OCH3 is 1. The fraction of sp³-hybridized carbons (Fsp3) is 0.333. The summed E-state index contributed by atoms with van der Waals surface area (Å²) in [4.78, 5) is 18.4. The molecule has 0 fully saturated rings. The molecule has 4 nitrogen and oxygen atoms in total. The molecule has 1 aliphatic heterocycles. The SMILES string of the molecule is COC(=O)c1cc(C)c(C2=CCN(C/C(C)=C/c3c(Br)ccnc3C)CC2)c(F)c1. The van der Waals surface area contributed by atoms with Crippen molar-refractivity contribution in [2.45, 2.75) is 27.2 Å². The zero-order valence-corrected chi connectivity index (χ0v) is 19.3. The number of benzene rings is 1. The summed E-state index contributed by atoms with van der Waals surface area (Å²) in [6.07, 6.45) is 6.81. The molecule has 0 bridgehead atoms. The van der Waals surface area contributed by atoms with Crippen LogP contribution in [-0.2, 0) is 4.74 Å². The molecule has 0 spiro atoms. The molecule has 1 aromatic heterocycles. The van der Waals surface area contributed by atoms with Crippen molar-refractivity contribution in [1.82, 2.24) is 9.88 Å². The number of esters is 1. The lowest BCUT2D eigenvalue weighted by atomic mass is 9.93. The lowest BCUT2D eigenvalue weighted by Gasteiger charge is -2.27. The Kier molecular flexibility index (Phi) is 7.21. The molecule has 158 valence electrons. The van der Waals surface area contributed by atoms with Crippen LogP contribution in [0.2, 0.25) is 0 Å². The number of hydrogen-bond acceptors (Lipinski definition) is 4. The van der Waals surface area contributed by atoms with Crippen LogP contribution >= 0.6 is 15.9 Å². The Labute approximate surface area is 185 Å². The van der Waals surface area contributed by atoms with Crippen LogP contribution < -0.4 is 0 Å². The summed E-state index contributed by atoms with van der Waals surface area (Å²) < 4.78 is 20.5. The number of carbonyl (C=O) groups excluding carboxylic acids is 1. The third-order valence-electron chi connectivity index (χ3n) is 5.32. The zero-order chi connectivity index (χ0) is 21.8. The van der Waals surface area contributed by atoms with Gasteiger partial charge in [0.05, 0.1) is 12.7 Å². The molecule has 3 rings (SSSR count). The van der Waals surface area contributed by atoms with Crippen molar-refractivity contribution >= 4 is 33.5 Å². The van der Waals surface area contributed by atoms with Crippen LogP contribution in [0.3, 0.4) is 0 Å². The second kappa shape index (κ2) is 9.67. The van der Waals surface area contributed by atoms with Gasteiger partial charge in [-0.15, -0.1) is 0 Å². The number of carbonyl (C=O) groups is 1. The minimum absolute atomic E-state index is 0.243. The quantitative estimate of drug-likeness (QED) is 0.532. The number of halogens is 2. The molecule has 1 aromatic carbocycles. The predicted molar refractivity (Wildman–Crippen MR) is 122 cm³/mol. The van der Waals surface area contributed by atoms with Gasteiger partial charge in [-0.1, -0.05) is 33.7 Å². The molecule has 0 radical (unpaired) electrons. The summed E-state index contributed by atoms with van der Waals surface area (Å²) >= 11 is 3.59. The first-order valence-electron chi connectivity index (χ1n) is 9.88. The summed E-state index contributed by atoms with van der Waals surface area (Å²) in [5.74, 6) is -0.895. The number of pyridine rings is 1. The van der Waals surface area contributed by atoms with E-state index in [4.69, 9.17) is 4.74 Å². The summed E-state index contributed by atoms with van der Waals surface area (Å²) in [6, 6.07) is 4.91. The molecule has 0 saturated carbocycles. The van der Waals surface area contributed by atoms with Gasteiger partial charge >= 0.3 is 5.97 Å². The third kappa shape index (κ3) is 5.05. The van der Waals surface area contributed by atoms with Crippen LogP contribution in [0.4, 0.5) is 4.39 Å². The van der Waals surface area contributed by atoms with Crippen LogP contribution in [0, 0.1) is 19.7 Å². The first kappa shape index (κ1) is 22.4. The molecule has 2 heterocycles. The Morgan fingerprint density at radius 3 is 2.73 bits per heavy atom. The minimum atomic E-state index is -0.523. The van der Waals surface area contributed by atoms with Crippen molar-refractivity contribution in [3.8, 4) is 0 Å². The number of hydrogen-bond donors (Lipinski definition) is 0. The van der Waals surface area contributed by atoms with Crippen LogP contribution in [-0.4, -0.2) is 42.6 Å². The van der Waals surface area contributed by atoms with Crippen molar-refractivity contribution in [2.75, 3.05) is 26.7 Å². The molecule has 6 heteroatoms. The van der Waals surface area contributed by atoms with Crippen molar-refractivity contribution in [3.05, 3.63) is 74.3 Å². The number of ether oxygens (including phenoxy) is 1. The Morgan fingerprint density at radius 1 is 1.37 bits per heavy atom. The summed E-state index contributed by atoms with van der Waals surface area (Å²) in [5, 5.41) is 0. The van der Waals surface area contributed by atoms with Crippen molar-refractivity contribution in [1.29, 1.82) is 0 Å². The van der Waals surface area contributed by atoms with E-state index in [1.807, 2.05) is 19.9 Å². The second-order valence-electron chi connectivity index (χ2n) is 7.64. The zero-order valence-electron chi connectivity index (χ0n) is 17.8. The van der Waals surface area contributed by atoms with Gasteiger partial charge in [0.25, 0.3) is 0 Å². The van der Waals surface area contributed by atoms with Crippen molar-refractivity contribution in [2.24, 2.45) is 0 Å². The van der Waals surface area contributed by atoms with E-state index in [0.29, 0.717) is 5.56 Å². The highest BCUT2D eigenvalue weighted by atomic mass is 79.9. The van der Waals surface area contributed by atoms with E-state index in [9.17, 15) is 9.18 Å². The summed E-state index contributed by atoms with van der Waals surface area (Å²) in [6.45, 7) is 8.40. The van der Waals surface area contributed by atoms with E-state index in [2.05, 4.69) is 44.9 Å². The molecule has 0 saturated heterocycles. The summed E-state index contributed by atoms with van der Waals surface area (Å²) in [5.41, 5.74) is 5.93. The first-order chi connectivity index (χ1) is 14.3. The molecule has 0 atom stereocenters. The molecule has 0 amide bonds. The van der Waals surface area contributed by atoms with Crippen LogP contribution in [0.15, 0.2) is 40.5 Å². The van der Waals surface area contributed by atoms with E-state index >= 15 is 0 Å². The fourth-order valence-electron chi connectivity index (χ4n) is 3.83. The second-order valence-corrected chi connectivity index (χ2v) is 8.49. The van der Waals surface area contributed by atoms with Crippen LogP contribution in [0.1, 0.15) is 46.1 Å². The Balaban J connectivity index is 1.73. The normalized spacial score (nSPS) is 15.1. The van der Waals surface area contributed by atoms with Gasteiger partial charge in [0.15, 0.2) is 0 Å². The molecule has 1 aliphatic rings. The highest BCUT2D eigenvalue weighted by Gasteiger charge is 2.20. The maximum atomic E-state index is 14.7. The largest absolute Gasteiger partial charge is 0.465 e. The van der Waals surface area contributed by atoms with Crippen molar-refractivity contribution in [3.63, 3.8) is 0 Å². The smallest absolute Gasteiger partial charge is 0.337 e. The minimum Gasteiger partial charge on any atom is -0.465 e. The van der Waals surface area contributed by atoms with Gasteiger partial charge in [-0.2, -0.15) is 0 Å². The molecule has 2 aromatic rings. The van der Waals surface area contributed by atoms with E-state index in [0.717, 1.165) is 52.9 Å². The van der Waals surface area contributed by atoms with Gasteiger partial charge in [0, 0.05) is 47.1 Å². The average Bonchev–Trinajstić information content (AvgIpc) is 2.71. The molecule has 0 unspecified atom stereocenters. The highest BCUT2D eigenvalue weighted by molar-refractivity contribution is 9.10. The van der Waals surface area contributed by atoms with Gasteiger partial charge < -0.3 is 4.74 Å². The third-order valence-corrected chi connectivity index (χ3v) is 6.01. The number of rotatable bonds is 5. The van der Waals surface area contributed by atoms with Crippen LogP contribution in [0.5, 0.6) is 0 Å². The van der Waals surface area contributed by atoms with Gasteiger partial charge in [-0.25, -0.2) is 9.18 Å². The standard InChI is InChI=1S/C24H26BrFN2O2/c1-15(11-20-17(3)27-8-5-21(20)25)14-28-9-6-18(7-10-28)23-16(2)12-19(13-22(23)26)24(29)30-4/h5-6,8,11-13H,7,9-10,14H2,1-4H3/b15-11+. The maximum Gasteiger partial charge on any atom is 0.337 e. The monoisotopic (exact) mass is 472 g/mol.